The predicted octanol–water partition coefficient (Wildman–Crippen LogP) is -0.120. The molecule has 2 unspecified atom stereocenters. The molecule has 139 valence electrons. The second-order valence-electron chi connectivity index (χ2n) is 4.23. The summed E-state index contributed by atoms with van der Waals surface area (Å²) in [4.78, 5) is 42.8. The van der Waals surface area contributed by atoms with Crippen LogP contribution in [0.4, 0.5) is 0 Å². The van der Waals surface area contributed by atoms with E-state index in [0.29, 0.717) is 0 Å². The zero-order valence-corrected chi connectivity index (χ0v) is 14.9. The Balaban J connectivity index is 0.000000469. The molecular formula is C12H12CuN2O8P2. The van der Waals surface area contributed by atoms with Crippen molar-refractivity contribution in [2.75, 3.05) is 0 Å². The first-order chi connectivity index (χ1) is 10.7. The van der Waals surface area contributed by atoms with Gasteiger partial charge in [0.05, 0.1) is 11.0 Å². The largest absolute Gasteiger partial charge is 2.00 e. The van der Waals surface area contributed by atoms with Crippen molar-refractivity contribution in [1.29, 1.82) is 0 Å². The first kappa shape index (κ1) is 23.8. The smallest absolute Gasteiger partial charge is 0.756 e. The quantitative estimate of drug-likeness (QED) is 0.313. The van der Waals surface area contributed by atoms with E-state index in [0.717, 1.165) is 21.8 Å². The minimum Gasteiger partial charge on any atom is -0.756 e. The summed E-state index contributed by atoms with van der Waals surface area (Å²) in [5.41, 5.74) is 1.95. The van der Waals surface area contributed by atoms with E-state index in [1.54, 1.807) is 12.4 Å². The molecule has 0 fully saturated rings. The van der Waals surface area contributed by atoms with E-state index >= 15 is 0 Å². The molecule has 10 nitrogen and oxygen atoms in total. The zero-order chi connectivity index (χ0) is 17.1. The van der Waals surface area contributed by atoms with E-state index in [1.165, 1.54) is 0 Å². The van der Waals surface area contributed by atoms with Crippen molar-refractivity contribution in [2.45, 2.75) is 0 Å². The van der Waals surface area contributed by atoms with E-state index in [-0.39, 0.29) is 22.5 Å². The molecule has 0 bridgehead atoms. The van der Waals surface area contributed by atoms with Crippen LogP contribution in [-0.2, 0) is 30.5 Å². The predicted molar refractivity (Wildman–Crippen MR) is 81.4 cm³/mol. The molecule has 2 atom stereocenters. The third kappa shape index (κ3) is 7.68. The molecule has 1 radical (unpaired) electrons. The van der Waals surface area contributed by atoms with Crippen LogP contribution in [0, 0.1) is 0 Å². The molecule has 2 heterocycles. The molecule has 0 aliphatic heterocycles. The Morgan fingerprint density at radius 2 is 1.20 bits per heavy atom. The fourth-order valence-electron chi connectivity index (χ4n) is 1.81. The van der Waals surface area contributed by atoms with Gasteiger partial charge in [-0.1, -0.05) is 24.3 Å². The molecule has 4 N–H and O–H groups in total. The van der Waals surface area contributed by atoms with Crippen molar-refractivity contribution in [2.24, 2.45) is 0 Å². The number of rotatable bonds is 2. The van der Waals surface area contributed by atoms with E-state index < -0.39 is 15.6 Å². The molecule has 1 aromatic carbocycles. The number of hydrogen-bond acceptors (Lipinski definition) is 7. The van der Waals surface area contributed by atoms with E-state index in [2.05, 4.69) is 38.5 Å². The maximum Gasteiger partial charge on any atom is 2.00 e. The Morgan fingerprint density at radius 1 is 0.840 bits per heavy atom. The van der Waals surface area contributed by atoms with Crippen LogP contribution >= 0.6 is 15.6 Å². The van der Waals surface area contributed by atoms with Gasteiger partial charge in [0.1, 0.15) is 0 Å². The van der Waals surface area contributed by atoms with Gasteiger partial charge in [-0.2, -0.15) is 0 Å². The Labute approximate surface area is 152 Å². The van der Waals surface area contributed by atoms with Crippen molar-refractivity contribution in [3.8, 4) is 0 Å². The van der Waals surface area contributed by atoms with Gasteiger partial charge in [0.15, 0.2) is 0 Å². The normalized spacial score (nSPS) is 14.9. The SMILES string of the molecule is O.O=P([O-])(O)OP(=O)([O-])O.[Cu+2].c1cnc2c(c1)ccc1cccnc12. The number of pyridine rings is 2. The maximum absolute atomic E-state index is 9.48. The molecule has 0 saturated heterocycles. The molecule has 0 aliphatic carbocycles. The summed E-state index contributed by atoms with van der Waals surface area (Å²) in [5.74, 6) is 0. The Morgan fingerprint density at radius 3 is 1.48 bits per heavy atom. The number of phosphoric acid groups is 2. The summed E-state index contributed by atoms with van der Waals surface area (Å²) in [6.07, 6.45) is 3.60. The molecule has 2 aromatic heterocycles. The van der Waals surface area contributed by atoms with Gasteiger partial charge >= 0.3 is 17.1 Å². The minimum atomic E-state index is -5.36. The van der Waals surface area contributed by atoms with Crippen LogP contribution in [-0.4, -0.2) is 25.2 Å². The molecule has 0 aliphatic rings. The fraction of sp³-hybridized carbons (Fsp3) is 0. The van der Waals surface area contributed by atoms with Crippen LogP contribution in [0.3, 0.4) is 0 Å². The number of nitrogens with zero attached hydrogens (tertiary/aromatic N) is 2. The second-order valence-corrected chi connectivity index (χ2v) is 6.76. The molecular weight excluding hydrogens is 426 g/mol. The van der Waals surface area contributed by atoms with Crippen LogP contribution < -0.4 is 9.79 Å². The number of fused-ring (bicyclic) bond motifs is 3. The summed E-state index contributed by atoms with van der Waals surface area (Å²) >= 11 is 0. The second kappa shape index (κ2) is 9.47. The third-order valence-electron chi connectivity index (χ3n) is 2.55. The van der Waals surface area contributed by atoms with Gasteiger partial charge in [0.2, 0.25) is 0 Å². The van der Waals surface area contributed by atoms with E-state index in [4.69, 9.17) is 9.79 Å². The van der Waals surface area contributed by atoms with Gasteiger partial charge in [-0.15, -0.1) is 0 Å². The Kier molecular flexibility index (Phi) is 9.01. The minimum absolute atomic E-state index is 0. The van der Waals surface area contributed by atoms with Crippen LogP contribution in [0.15, 0.2) is 48.8 Å². The van der Waals surface area contributed by atoms with Crippen molar-refractivity contribution in [3.63, 3.8) is 0 Å². The summed E-state index contributed by atoms with van der Waals surface area (Å²) < 4.78 is 21.7. The van der Waals surface area contributed by atoms with Crippen molar-refractivity contribution in [3.05, 3.63) is 48.8 Å². The first-order valence-electron chi connectivity index (χ1n) is 6.03. The molecule has 3 aromatic rings. The molecule has 0 saturated carbocycles. The van der Waals surface area contributed by atoms with Gasteiger partial charge in [0, 0.05) is 23.2 Å². The van der Waals surface area contributed by atoms with Gasteiger partial charge < -0.3 is 25.0 Å². The molecule has 0 amide bonds. The van der Waals surface area contributed by atoms with Crippen molar-refractivity contribution >= 4 is 37.5 Å². The molecule has 13 heteroatoms. The number of aromatic nitrogens is 2. The summed E-state index contributed by atoms with van der Waals surface area (Å²) in [6.45, 7) is 0. The van der Waals surface area contributed by atoms with Crippen LogP contribution in [0.5, 0.6) is 0 Å². The Bertz CT molecular complexity index is 854. The third-order valence-corrected chi connectivity index (χ3v) is 4.20. The van der Waals surface area contributed by atoms with Crippen LogP contribution in [0.2, 0.25) is 0 Å². The average molecular weight is 438 g/mol. The summed E-state index contributed by atoms with van der Waals surface area (Å²) in [6, 6.07) is 12.1. The monoisotopic (exact) mass is 437 g/mol. The Hall–Kier alpha value is -1.22. The number of benzene rings is 1. The van der Waals surface area contributed by atoms with Gasteiger partial charge in [-0.25, -0.2) is 4.31 Å². The van der Waals surface area contributed by atoms with Gasteiger partial charge in [-0.3, -0.25) is 19.1 Å². The van der Waals surface area contributed by atoms with E-state index in [9.17, 15) is 18.9 Å². The topological polar surface area (TPSA) is 187 Å². The standard InChI is InChI=1S/C12H8N2.Cu.H4O7P2.H2O/c1-3-9-5-6-10-4-2-8-14-12(10)11(9)13-7-1;;1-8(2,3)7-9(4,5)6;/h1-8H;;(H2,1,2,3)(H2,4,5,6);1H2/q;+2;;/p-2. The maximum atomic E-state index is 9.48. The fourth-order valence-corrected chi connectivity index (χ4v) is 2.85. The van der Waals surface area contributed by atoms with Crippen LogP contribution in [0.25, 0.3) is 21.8 Å². The van der Waals surface area contributed by atoms with Crippen molar-refractivity contribution in [1.82, 2.24) is 9.97 Å². The van der Waals surface area contributed by atoms with E-state index in [1.807, 2.05) is 12.1 Å². The average Bonchev–Trinajstić information content (AvgIpc) is 2.44. The zero-order valence-electron chi connectivity index (χ0n) is 12.1. The summed E-state index contributed by atoms with van der Waals surface area (Å²) in [7, 11) is -10.7. The molecule has 25 heavy (non-hydrogen) atoms. The van der Waals surface area contributed by atoms with Gasteiger partial charge in [0.25, 0.3) is 15.6 Å². The molecule has 3 rings (SSSR count). The molecule has 0 spiro atoms. The van der Waals surface area contributed by atoms with Crippen molar-refractivity contribution < 1.29 is 55.6 Å². The van der Waals surface area contributed by atoms with Gasteiger partial charge in [-0.05, 0) is 12.1 Å². The number of hydrogen-bond donors (Lipinski definition) is 2. The van der Waals surface area contributed by atoms with Crippen LogP contribution in [0.1, 0.15) is 0 Å². The summed E-state index contributed by atoms with van der Waals surface area (Å²) in [5, 5.41) is 2.28. The first-order valence-corrected chi connectivity index (χ1v) is 9.02.